The van der Waals surface area contributed by atoms with Crippen LogP contribution in [0.3, 0.4) is 0 Å². The minimum Gasteiger partial charge on any atom is -0.490 e. The lowest BCUT2D eigenvalue weighted by Gasteiger charge is -2.03. The first-order valence-electron chi connectivity index (χ1n) is 4.54. The number of ether oxygens (including phenoxy) is 1. The highest BCUT2D eigenvalue weighted by Crippen LogP contribution is 2.31. The third kappa shape index (κ3) is 1.72. The number of methoxy groups -OCH3 is 1. The van der Waals surface area contributed by atoms with Gasteiger partial charge in [-0.2, -0.15) is 5.10 Å². The number of nitro benzene ring substituents is 1. The van der Waals surface area contributed by atoms with Crippen molar-refractivity contribution in [3.63, 3.8) is 0 Å². The predicted octanol–water partition coefficient (Wildman–Crippen LogP) is 1.99. The van der Waals surface area contributed by atoms with Crippen LogP contribution in [0, 0.1) is 10.1 Å². The lowest BCUT2D eigenvalue weighted by molar-refractivity contribution is -0.385. The lowest BCUT2D eigenvalue weighted by Crippen LogP contribution is -1.94. The smallest absolute Gasteiger partial charge is 0.311 e. The van der Waals surface area contributed by atoms with Gasteiger partial charge in [0.1, 0.15) is 0 Å². The first kappa shape index (κ1) is 10.2. The summed E-state index contributed by atoms with van der Waals surface area (Å²) in [6, 6.07) is 6.49. The Morgan fingerprint density at radius 2 is 2.25 bits per heavy atom. The highest BCUT2D eigenvalue weighted by atomic mass is 16.6. The topological polar surface area (TPSA) is 81.0 Å². The second-order valence-electron chi connectivity index (χ2n) is 3.11. The van der Waals surface area contributed by atoms with Crippen LogP contribution in [0.25, 0.3) is 11.3 Å². The van der Waals surface area contributed by atoms with E-state index >= 15 is 0 Å². The number of aromatic amines is 1. The van der Waals surface area contributed by atoms with E-state index in [0.29, 0.717) is 5.56 Å². The molecule has 16 heavy (non-hydrogen) atoms. The van der Waals surface area contributed by atoms with Crippen LogP contribution in [0.4, 0.5) is 5.69 Å². The maximum atomic E-state index is 10.8. The molecule has 0 aliphatic rings. The summed E-state index contributed by atoms with van der Waals surface area (Å²) in [5.41, 5.74) is 1.37. The van der Waals surface area contributed by atoms with Crippen molar-refractivity contribution in [2.24, 2.45) is 0 Å². The molecule has 0 aliphatic carbocycles. The Morgan fingerprint density at radius 1 is 1.44 bits per heavy atom. The monoisotopic (exact) mass is 219 g/mol. The van der Waals surface area contributed by atoms with E-state index in [1.54, 1.807) is 24.4 Å². The largest absolute Gasteiger partial charge is 0.490 e. The number of rotatable bonds is 3. The summed E-state index contributed by atoms with van der Waals surface area (Å²) in [6.45, 7) is 0. The summed E-state index contributed by atoms with van der Waals surface area (Å²) in [5, 5.41) is 17.3. The molecule has 0 saturated carbocycles. The number of aromatic nitrogens is 2. The molecule has 2 aromatic rings. The van der Waals surface area contributed by atoms with Gasteiger partial charge in [-0.25, -0.2) is 0 Å². The molecule has 0 amide bonds. The summed E-state index contributed by atoms with van der Waals surface area (Å²) in [5.74, 6) is 0.244. The fraction of sp³-hybridized carbons (Fsp3) is 0.100. The number of hydrogen-bond donors (Lipinski definition) is 1. The molecule has 6 nitrogen and oxygen atoms in total. The van der Waals surface area contributed by atoms with Gasteiger partial charge in [-0.05, 0) is 18.2 Å². The van der Waals surface area contributed by atoms with Crippen molar-refractivity contribution in [2.45, 2.75) is 0 Å². The lowest BCUT2D eigenvalue weighted by atomic mass is 10.1. The van der Waals surface area contributed by atoms with Crippen LogP contribution in [0.15, 0.2) is 30.5 Å². The Labute approximate surface area is 91.0 Å². The van der Waals surface area contributed by atoms with Crippen molar-refractivity contribution in [3.05, 3.63) is 40.6 Å². The SMILES string of the molecule is COc1ccc(-c2ccn[nH]2)cc1[N+](=O)[O-]. The molecule has 1 aromatic heterocycles. The van der Waals surface area contributed by atoms with Crippen LogP contribution in [-0.4, -0.2) is 22.2 Å². The maximum Gasteiger partial charge on any atom is 0.311 e. The molecule has 0 bridgehead atoms. The standard InChI is InChI=1S/C10H9N3O3/c1-16-10-3-2-7(6-9(10)13(14)15)8-4-5-11-12-8/h2-6H,1H3,(H,11,12). The van der Waals surface area contributed by atoms with Crippen LogP contribution in [0.1, 0.15) is 0 Å². The van der Waals surface area contributed by atoms with Crippen LogP contribution in [-0.2, 0) is 0 Å². The zero-order valence-corrected chi connectivity index (χ0v) is 8.51. The molecule has 0 unspecified atom stereocenters. The molecule has 0 atom stereocenters. The Balaban J connectivity index is 2.51. The highest BCUT2D eigenvalue weighted by Gasteiger charge is 2.15. The summed E-state index contributed by atoms with van der Waals surface area (Å²) in [6.07, 6.45) is 1.59. The molecule has 0 aliphatic heterocycles. The van der Waals surface area contributed by atoms with Crippen LogP contribution in [0.5, 0.6) is 5.75 Å². The van der Waals surface area contributed by atoms with E-state index in [2.05, 4.69) is 10.2 Å². The molecular formula is C10H9N3O3. The van der Waals surface area contributed by atoms with E-state index in [0.717, 1.165) is 5.69 Å². The average Bonchev–Trinajstić information content (AvgIpc) is 2.81. The third-order valence-corrected chi connectivity index (χ3v) is 2.19. The van der Waals surface area contributed by atoms with Crippen LogP contribution >= 0.6 is 0 Å². The van der Waals surface area contributed by atoms with E-state index in [1.165, 1.54) is 13.2 Å². The second kappa shape index (κ2) is 4.01. The third-order valence-electron chi connectivity index (χ3n) is 2.19. The quantitative estimate of drug-likeness (QED) is 0.632. The molecule has 6 heteroatoms. The summed E-state index contributed by atoms with van der Waals surface area (Å²) < 4.78 is 4.91. The van der Waals surface area contributed by atoms with E-state index in [9.17, 15) is 10.1 Å². The van der Waals surface area contributed by atoms with E-state index in [4.69, 9.17) is 4.74 Å². The Hall–Kier alpha value is -2.37. The van der Waals surface area contributed by atoms with Crippen molar-refractivity contribution in [3.8, 4) is 17.0 Å². The molecule has 0 saturated heterocycles. The second-order valence-corrected chi connectivity index (χ2v) is 3.11. The van der Waals surface area contributed by atoms with Gasteiger partial charge >= 0.3 is 5.69 Å². The van der Waals surface area contributed by atoms with Crippen molar-refractivity contribution < 1.29 is 9.66 Å². The van der Waals surface area contributed by atoms with Crippen LogP contribution < -0.4 is 4.74 Å². The number of nitrogens with one attached hydrogen (secondary N) is 1. The molecule has 1 aromatic carbocycles. The van der Waals surface area contributed by atoms with E-state index < -0.39 is 4.92 Å². The van der Waals surface area contributed by atoms with Crippen molar-refractivity contribution in [1.29, 1.82) is 0 Å². The van der Waals surface area contributed by atoms with Gasteiger partial charge < -0.3 is 4.74 Å². The predicted molar refractivity (Wildman–Crippen MR) is 57.2 cm³/mol. The van der Waals surface area contributed by atoms with Crippen molar-refractivity contribution in [2.75, 3.05) is 7.11 Å². The zero-order valence-electron chi connectivity index (χ0n) is 8.51. The van der Waals surface area contributed by atoms with E-state index in [-0.39, 0.29) is 11.4 Å². The fourth-order valence-corrected chi connectivity index (χ4v) is 1.42. The molecule has 2 rings (SSSR count). The average molecular weight is 219 g/mol. The van der Waals surface area contributed by atoms with Crippen molar-refractivity contribution in [1.82, 2.24) is 10.2 Å². The van der Waals surface area contributed by atoms with E-state index in [1.807, 2.05) is 0 Å². The summed E-state index contributed by atoms with van der Waals surface area (Å²) in [7, 11) is 1.40. The summed E-state index contributed by atoms with van der Waals surface area (Å²) >= 11 is 0. The molecule has 1 N–H and O–H groups in total. The zero-order chi connectivity index (χ0) is 11.5. The minimum absolute atomic E-state index is 0.0606. The minimum atomic E-state index is -0.474. The highest BCUT2D eigenvalue weighted by molar-refractivity contribution is 5.65. The maximum absolute atomic E-state index is 10.8. The molecule has 0 spiro atoms. The molecule has 82 valence electrons. The Kier molecular flexibility index (Phi) is 2.55. The van der Waals surface area contributed by atoms with Crippen molar-refractivity contribution >= 4 is 5.69 Å². The van der Waals surface area contributed by atoms with Gasteiger partial charge in [-0.15, -0.1) is 0 Å². The molecular weight excluding hydrogens is 210 g/mol. The van der Waals surface area contributed by atoms with Gasteiger partial charge in [-0.1, -0.05) is 0 Å². The van der Waals surface area contributed by atoms with Gasteiger partial charge in [0.2, 0.25) is 0 Å². The van der Waals surface area contributed by atoms with Gasteiger partial charge in [0.25, 0.3) is 0 Å². The number of nitrogens with zero attached hydrogens (tertiary/aromatic N) is 2. The number of H-pyrrole nitrogens is 1. The Morgan fingerprint density at radius 3 is 2.81 bits per heavy atom. The first-order valence-corrected chi connectivity index (χ1v) is 4.54. The normalized spacial score (nSPS) is 10.1. The Bertz CT molecular complexity index is 508. The fourth-order valence-electron chi connectivity index (χ4n) is 1.42. The number of hydrogen-bond acceptors (Lipinski definition) is 4. The number of nitro groups is 1. The van der Waals surface area contributed by atoms with Gasteiger partial charge in [0, 0.05) is 17.8 Å². The van der Waals surface area contributed by atoms with Gasteiger partial charge in [-0.3, -0.25) is 15.2 Å². The number of benzene rings is 1. The molecule has 1 heterocycles. The van der Waals surface area contributed by atoms with Crippen LogP contribution in [0.2, 0.25) is 0 Å². The van der Waals surface area contributed by atoms with Gasteiger partial charge in [0.05, 0.1) is 17.7 Å². The first-order chi connectivity index (χ1) is 7.72. The molecule has 0 fully saturated rings. The molecule has 0 radical (unpaired) electrons. The summed E-state index contributed by atoms with van der Waals surface area (Å²) in [4.78, 5) is 10.3. The van der Waals surface area contributed by atoms with Gasteiger partial charge in [0.15, 0.2) is 5.75 Å².